The first kappa shape index (κ1) is 17.7. The van der Waals surface area contributed by atoms with E-state index in [4.69, 9.17) is 9.88 Å². The number of anilines is 1. The van der Waals surface area contributed by atoms with Crippen molar-refractivity contribution in [3.63, 3.8) is 0 Å². The van der Waals surface area contributed by atoms with Gasteiger partial charge in [-0.15, -0.1) is 0 Å². The van der Waals surface area contributed by atoms with Gasteiger partial charge in [0.15, 0.2) is 0 Å². The molecule has 0 aliphatic carbocycles. The Labute approximate surface area is 139 Å². The van der Waals surface area contributed by atoms with E-state index in [1.54, 1.807) is 11.9 Å². The van der Waals surface area contributed by atoms with Crippen LogP contribution in [-0.4, -0.2) is 33.5 Å². The van der Waals surface area contributed by atoms with Gasteiger partial charge < -0.3 is 9.64 Å². The summed E-state index contributed by atoms with van der Waals surface area (Å²) in [6.07, 6.45) is 0. The zero-order valence-electron chi connectivity index (χ0n) is 13.0. The number of hydrogen-bond acceptors (Lipinski definition) is 6. The largest absolute Gasteiger partial charge is 0.492 e. The lowest BCUT2D eigenvalue weighted by Gasteiger charge is -2.21. The lowest BCUT2D eigenvalue weighted by Crippen LogP contribution is -2.26. The van der Waals surface area contributed by atoms with Crippen molar-refractivity contribution in [2.75, 3.05) is 25.1 Å². The average Bonchev–Trinajstić information content (AvgIpc) is 2.54. The third kappa shape index (κ3) is 4.43. The lowest BCUT2D eigenvalue weighted by molar-refractivity contribution is -0.385. The maximum Gasteiger partial charge on any atom is 0.270 e. The van der Waals surface area contributed by atoms with E-state index in [2.05, 4.69) is 0 Å². The summed E-state index contributed by atoms with van der Waals surface area (Å²) in [5.74, 6) is 0.696. The molecule has 9 heteroatoms. The molecule has 0 saturated carbocycles. The molecule has 2 N–H and O–H groups in total. The Morgan fingerprint density at radius 3 is 2.46 bits per heavy atom. The standard InChI is InChI=1S/C15H17N3O5S/c1-17(9-10-23-13-5-3-2-4-6-13)14-8-7-12(18(19)20)11-15(14)24(16,21)22/h2-8,11H,9-10H2,1H3,(H2,16,21,22). The summed E-state index contributed by atoms with van der Waals surface area (Å²) in [7, 11) is -2.44. The van der Waals surface area contributed by atoms with Crippen LogP contribution in [0.1, 0.15) is 0 Å². The minimum absolute atomic E-state index is 0.278. The highest BCUT2D eigenvalue weighted by molar-refractivity contribution is 7.89. The Hall–Kier alpha value is -2.65. The molecule has 8 nitrogen and oxygen atoms in total. The molecule has 0 saturated heterocycles. The second-order valence-electron chi connectivity index (χ2n) is 5.04. The summed E-state index contributed by atoms with van der Waals surface area (Å²) >= 11 is 0. The van der Waals surface area contributed by atoms with Crippen molar-refractivity contribution in [1.29, 1.82) is 0 Å². The number of likely N-dealkylation sites (N-methyl/N-ethyl adjacent to an activating group) is 1. The van der Waals surface area contributed by atoms with Crippen LogP contribution >= 0.6 is 0 Å². The summed E-state index contributed by atoms with van der Waals surface area (Å²) in [5, 5.41) is 16.0. The Bertz CT molecular complexity index is 824. The predicted octanol–water partition coefficient (Wildman–Crippen LogP) is 1.76. The molecule has 0 amide bonds. The first-order chi connectivity index (χ1) is 11.3. The number of benzene rings is 2. The van der Waals surface area contributed by atoms with Gasteiger partial charge in [0.05, 0.1) is 17.2 Å². The van der Waals surface area contributed by atoms with Crippen molar-refractivity contribution in [2.45, 2.75) is 4.90 Å². The fourth-order valence-corrected chi connectivity index (χ4v) is 2.90. The molecule has 2 aromatic carbocycles. The van der Waals surface area contributed by atoms with E-state index in [9.17, 15) is 18.5 Å². The number of nitrogens with two attached hydrogens (primary N) is 1. The average molecular weight is 351 g/mol. The number of para-hydroxylation sites is 1. The van der Waals surface area contributed by atoms with Crippen LogP contribution in [0.4, 0.5) is 11.4 Å². The second-order valence-corrected chi connectivity index (χ2v) is 6.57. The third-order valence-corrected chi connectivity index (χ3v) is 4.25. The molecule has 0 radical (unpaired) electrons. The number of nitro benzene ring substituents is 1. The molecule has 0 unspecified atom stereocenters. The van der Waals surface area contributed by atoms with Crippen LogP contribution in [0.5, 0.6) is 5.75 Å². The summed E-state index contributed by atoms with van der Waals surface area (Å²) in [4.78, 5) is 11.5. The summed E-state index contributed by atoms with van der Waals surface area (Å²) < 4.78 is 29.0. The van der Waals surface area contributed by atoms with Gasteiger partial charge in [-0.05, 0) is 18.2 Å². The maximum absolute atomic E-state index is 11.7. The van der Waals surface area contributed by atoms with Gasteiger partial charge in [-0.25, -0.2) is 13.6 Å². The van der Waals surface area contributed by atoms with E-state index in [0.717, 1.165) is 6.07 Å². The number of nitrogens with zero attached hydrogens (tertiary/aromatic N) is 2. The second kappa shape index (κ2) is 7.28. The Morgan fingerprint density at radius 1 is 1.21 bits per heavy atom. The first-order valence-electron chi connectivity index (χ1n) is 6.99. The zero-order valence-corrected chi connectivity index (χ0v) is 13.8. The molecular formula is C15H17N3O5S. The molecule has 0 fully saturated rings. The van der Waals surface area contributed by atoms with Gasteiger partial charge in [0.2, 0.25) is 10.0 Å². The van der Waals surface area contributed by atoms with Crippen molar-refractivity contribution in [1.82, 2.24) is 0 Å². The number of sulfonamides is 1. The van der Waals surface area contributed by atoms with Crippen molar-refractivity contribution in [3.05, 3.63) is 58.6 Å². The molecular weight excluding hydrogens is 334 g/mol. The van der Waals surface area contributed by atoms with E-state index >= 15 is 0 Å². The highest BCUT2D eigenvalue weighted by Gasteiger charge is 2.21. The van der Waals surface area contributed by atoms with Crippen LogP contribution in [0.3, 0.4) is 0 Å². The van der Waals surface area contributed by atoms with E-state index in [0.29, 0.717) is 18.9 Å². The molecule has 2 aromatic rings. The smallest absolute Gasteiger partial charge is 0.270 e. The van der Waals surface area contributed by atoms with E-state index in [1.807, 2.05) is 30.3 Å². The maximum atomic E-state index is 11.7. The topological polar surface area (TPSA) is 116 Å². The van der Waals surface area contributed by atoms with Crippen molar-refractivity contribution in [3.8, 4) is 5.75 Å². The van der Waals surface area contributed by atoms with Crippen LogP contribution < -0.4 is 14.8 Å². The predicted molar refractivity (Wildman–Crippen MR) is 89.7 cm³/mol. The van der Waals surface area contributed by atoms with Gasteiger partial charge in [0.25, 0.3) is 5.69 Å². The van der Waals surface area contributed by atoms with Gasteiger partial charge in [0.1, 0.15) is 17.3 Å². The van der Waals surface area contributed by atoms with E-state index in [-0.39, 0.29) is 16.3 Å². The van der Waals surface area contributed by atoms with E-state index in [1.165, 1.54) is 12.1 Å². The fourth-order valence-electron chi connectivity index (χ4n) is 2.10. The summed E-state index contributed by atoms with van der Waals surface area (Å²) in [5.41, 5.74) is -0.0588. The number of hydrogen-bond donors (Lipinski definition) is 1. The normalized spacial score (nSPS) is 11.1. The minimum Gasteiger partial charge on any atom is -0.492 e. The molecule has 24 heavy (non-hydrogen) atoms. The number of nitro groups is 1. The third-order valence-electron chi connectivity index (χ3n) is 3.31. The molecule has 0 aliphatic rings. The van der Waals surface area contributed by atoms with Crippen LogP contribution in [-0.2, 0) is 10.0 Å². The van der Waals surface area contributed by atoms with Crippen LogP contribution in [0, 0.1) is 10.1 Å². The van der Waals surface area contributed by atoms with Gasteiger partial charge in [-0.3, -0.25) is 10.1 Å². The van der Waals surface area contributed by atoms with E-state index < -0.39 is 14.9 Å². The van der Waals surface area contributed by atoms with Crippen molar-refractivity contribution >= 4 is 21.4 Å². The highest BCUT2D eigenvalue weighted by atomic mass is 32.2. The van der Waals surface area contributed by atoms with Gasteiger partial charge in [-0.1, -0.05) is 18.2 Å². The molecule has 0 aromatic heterocycles. The summed E-state index contributed by atoms with van der Waals surface area (Å²) in [6, 6.07) is 12.7. The molecule has 128 valence electrons. The molecule has 0 aliphatic heterocycles. The monoisotopic (exact) mass is 351 g/mol. The van der Waals surface area contributed by atoms with Crippen LogP contribution in [0.25, 0.3) is 0 Å². The Morgan fingerprint density at radius 2 is 1.88 bits per heavy atom. The number of non-ortho nitro benzene ring substituents is 1. The van der Waals surface area contributed by atoms with Gasteiger partial charge >= 0.3 is 0 Å². The highest BCUT2D eigenvalue weighted by Crippen LogP contribution is 2.27. The Balaban J connectivity index is 2.16. The quantitative estimate of drug-likeness (QED) is 0.600. The lowest BCUT2D eigenvalue weighted by atomic mass is 10.2. The number of ether oxygens (including phenoxy) is 1. The van der Waals surface area contributed by atoms with Crippen molar-refractivity contribution < 1.29 is 18.1 Å². The SMILES string of the molecule is CN(CCOc1ccccc1)c1ccc([N+](=O)[O-])cc1S(N)(=O)=O. The molecule has 0 spiro atoms. The van der Waals surface area contributed by atoms with Gasteiger partial charge in [0, 0.05) is 19.2 Å². The van der Waals surface area contributed by atoms with Crippen molar-refractivity contribution in [2.24, 2.45) is 5.14 Å². The molecule has 0 heterocycles. The Kier molecular flexibility index (Phi) is 5.37. The van der Waals surface area contributed by atoms with Crippen LogP contribution in [0.15, 0.2) is 53.4 Å². The number of primary sulfonamides is 1. The van der Waals surface area contributed by atoms with Crippen LogP contribution in [0.2, 0.25) is 0 Å². The van der Waals surface area contributed by atoms with Gasteiger partial charge in [-0.2, -0.15) is 0 Å². The summed E-state index contributed by atoms with van der Waals surface area (Å²) in [6.45, 7) is 0.677. The fraction of sp³-hybridized carbons (Fsp3) is 0.200. The first-order valence-corrected chi connectivity index (χ1v) is 8.54. The molecule has 0 atom stereocenters. The minimum atomic E-state index is -4.10. The zero-order chi connectivity index (χ0) is 17.7. The molecule has 2 rings (SSSR count). The molecule has 0 bridgehead atoms. The number of rotatable bonds is 7.